The van der Waals surface area contributed by atoms with E-state index in [1.807, 2.05) is 22.9 Å². The molecular weight excluding hydrogens is 360 g/mol. The molecule has 2 aromatic rings. The molecule has 5 nitrogen and oxygen atoms in total. The monoisotopic (exact) mass is 390 g/mol. The van der Waals surface area contributed by atoms with E-state index in [-0.39, 0.29) is 29.6 Å². The number of rotatable bonds is 3. The van der Waals surface area contributed by atoms with Crippen molar-refractivity contribution in [2.45, 2.75) is 58.9 Å². The van der Waals surface area contributed by atoms with Crippen molar-refractivity contribution in [2.24, 2.45) is 5.92 Å². The van der Waals surface area contributed by atoms with E-state index >= 15 is 0 Å². The highest BCUT2D eigenvalue weighted by Crippen LogP contribution is 2.27. The second-order valence-electron chi connectivity index (χ2n) is 8.48. The summed E-state index contributed by atoms with van der Waals surface area (Å²) in [5.74, 6) is 0.882. The summed E-state index contributed by atoms with van der Waals surface area (Å²) in [7, 11) is 0. The number of aryl methyl sites for hydroxylation is 1. The second kappa shape index (κ2) is 8.44. The van der Waals surface area contributed by atoms with Crippen LogP contribution in [-0.2, 0) is 10.2 Å². The Hall–Kier alpha value is -1.85. The van der Waals surface area contributed by atoms with Gasteiger partial charge in [-0.2, -0.15) is 5.10 Å². The van der Waals surface area contributed by atoms with E-state index in [1.54, 1.807) is 0 Å². The third-order valence-corrected chi connectivity index (χ3v) is 5.00. The van der Waals surface area contributed by atoms with Gasteiger partial charge in [0.25, 0.3) is 0 Å². The molecule has 6 heteroatoms. The molecule has 3 rings (SSSR count). The minimum Gasteiger partial charge on any atom is -0.314 e. The van der Waals surface area contributed by atoms with Gasteiger partial charge in [0.05, 0.1) is 11.4 Å². The van der Waals surface area contributed by atoms with Gasteiger partial charge in [0.15, 0.2) is 0 Å². The number of amides is 1. The van der Waals surface area contributed by atoms with Crippen LogP contribution in [0.4, 0.5) is 5.82 Å². The topological polar surface area (TPSA) is 59.0 Å². The molecule has 2 heterocycles. The van der Waals surface area contributed by atoms with Crippen LogP contribution in [0.15, 0.2) is 30.3 Å². The summed E-state index contributed by atoms with van der Waals surface area (Å²) in [5, 5.41) is 11.3. The van der Waals surface area contributed by atoms with Gasteiger partial charge in [-0.15, -0.1) is 12.4 Å². The number of anilines is 1. The van der Waals surface area contributed by atoms with Gasteiger partial charge in [-0.3, -0.25) is 4.79 Å². The lowest BCUT2D eigenvalue weighted by atomic mass is 9.92. The van der Waals surface area contributed by atoms with E-state index in [0.717, 1.165) is 36.6 Å². The molecule has 1 aromatic heterocycles. The first-order chi connectivity index (χ1) is 12.2. The third-order valence-electron chi connectivity index (χ3n) is 5.00. The zero-order valence-electron chi connectivity index (χ0n) is 16.9. The highest BCUT2D eigenvalue weighted by atomic mass is 35.5. The van der Waals surface area contributed by atoms with Crippen molar-refractivity contribution in [3.63, 3.8) is 0 Å². The molecule has 0 radical (unpaired) electrons. The lowest BCUT2D eigenvalue weighted by molar-refractivity contribution is -0.120. The van der Waals surface area contributed by atoms with E-state index in [2.05, 4.69) is 57.4 Å². The fourth-order valence-electron chi connectivity index (χ4n) is 3.32. The number of hydrogen-bond donors (Lipinski definition) is 2. The van der Waals surface area contributed by atoms with Crippen LogP contribution in [0.25, 0.3) is 5.69 Å². The number of halogens is 1. The molecule has 2 N–H and O–H groups in total. The van der Waals surface area contributed by atoms with E-state index in [1.165, 1.54) is 5.56 Å². The van der Waals surface area contributed by atoms with E-state index in [9.17, 15) is 4.79 Å². The number of aromatic nitrogens is 2. The number of hydrogen-bond acceptors (Lipinski definition) is 3. The molecule has 1 amide bonds. The Balaban J connectivity index is 0.00000261. The second-order valence-corrected chi connectivity index (χ2v) is 8.48. The summed E-state index contributed by atoms with van der Waals surface area (Å²) in [6.07, 6.45) is 1.75. The van der Waals surface area contributed by atoms with Gasteiger partial charge in [0.1, 0.15) is 5.82 Å². The highest BCUT2D eigenvalue weighted by Gasteiger charge is 2.27. The van der Waals surface area contributed by atoms with Crippen molar-refractivity contribution in [2.75, 3.05) is 11.9 Å². The number of carbonyl (C=O) groups is 1. The first-order valence-electron chi connectivity index (χ1n) is 9.46. The van der Waals surface area contributed by atoms with Crippen LogP contribution in [0, 0.1) is 12.8 Å². The summed E-state index contributed by atoms with van der Waals surface area (Å²) < 4.78 is 1.85. The fraction of sp³-hybridized carbons (Fsp3) is 0.524. The molecule has 27 heavy (non-hydrogen) atoms. The molecule has 0 aliphatic carbocycles. The molecule has 148 valence electrons. The van der Waals surface area contributed by atoms with Crippen molar-refractivity contribution in [1.82, 2.24) is 15.1 Å². The van der Waals surface area contributed by atoms with Gasteiger partial charge in [-0.25, -0.2) is 4.68 Å². The average Bonchev–Trinajstić information content (AvgIpc) is 2.99. The van der Waals surface area contributed by atoms with Crippen LogP contribution in [0.3, 0.4) is 0 Å². The van der Waals surface area contributed by atoms with Crippen molar-refractivity contribution in [1.29, 1.82) is 0 Å². The maximum absolute atomic E-state index is 12.8. The first kappa shape index (κ1) is 21.5. The van der Waals surface area contributed by atoms with Crippen LogP contribution in [0.1, 0.15) is 51.8 Å². The van der Waals surface area contributed by atoms with Gasteiger partial charge in [-0.05, 0) is 45.4 Å². The number of piperidine rings is 1. The minimum atomic E-state index is -0.0846. The summed E-state index contributed by atoms with van der Waals surface area (Å²) in [4.78, 5) is 12.8. The van der Waals surface area contributed by atoms with Crippen LogP contribution < -0.4 is 10.6 Å². The van der Waals surface area contributed by atoms with Crippen LogP contribution in [0.5, 0.6) is 0 Å². The first-order valence-corrected chi connectivity index (χ1v) is 9.46. The largest absolute Gasteiger partial charge is 0.314 e. The molecule has 0 spiro atoms. The summed E-state index contributed by atoms with van der Waals surface area (Å²) in [6, 6.07) is 10.6. The number of benzene rings is 1. The van der Waals surface area contributed by atoms with Crippen molar-refractivity contribution in [3.05, 3.63) is 41.6 Å². The third kappa shape index (κ3) is 5.11. The molecule has 2 atom stereocenters. The summed E-state index contributed by atoms with van der Waals surface area (Å²) >= 11 is 0. The predicted molar refractivity (Wildman–Crippen MR) is 113 cm³/mol. The minimum absolute atomic E-state index is 0. The molecule has 1 fully saturated rings. The Bertz CT molecular complexity index is 776. The Morgan fingerprint density at radius 3 is 2.52 bits per heavy atom. The van der Waals surface area contributed by atoms with Gasteiger partial charge in [0.2, 0.25) is 5.91 Å². The normalized spacial score (nSPS) is 20.0. The van der Waals surface area contributed by atoms with Gasteiger partial charge >= 0.3 is 0 Å². The number of carbonyl (C=O) groups excluding carboxylic acids is 1. The summed E-state index contributed by atoms with van der Waals surface area (Å²) in [6.45, 7) is 11.5. The van der Waals surface area contributed by atoms with E-state index in [4.69, 9.17) is 5.10 Å². The molecule has 0 unspecified atom stereocenters. The standard InChI is InChI=1S/C21H30N4O.ClH/c1-14-6-8-17(9-7-14)25-19(13-18(24-25)21(3,4)5)23-20(26)16-10-11-22-15(2)12-16;/h6-9,13,15-16,22H,10-12H2,1-5H3,(H,23,26);1H/t15-,16-;/m0./s1. The lowest BCUT2D eigenvalue weighted by Crippen LogP contribution is -2.40. The Morgan fingerprint density at radius 2 is 1.93 bits per heavy atom. The van der Waals surface area contributed by atoms with Crippen molar-refractivity contribution < 1.29 is 4.79 Å². The average molecular weight is 391 g/mol. The Labute approximate surface area is 168 Å². The molecule has 1 aromatic carbocycles. The summed E-state index contributed by atoms with van der Waals surface area (Å²) in [5.41, 5.74) is 3.04. The fourth-order valence-corrected chi connectivity index (χ4v) is 3.32. The number of nitrogens with one attached hydrogen (secondary N) is 2. The van der Waals surface area contributed by atoms with Gasteiger partial charge in [-0.1, -0.05) is 38.5 Å². The van der Waals surface area contributed by atoms with Crippen molar-refractivity contribution >= 4 is 24.1 Å². The van der Waals surface area contributed by atoms with Crippen LogP contribution >= 0.6 is 12.4 Å². The lowest BCUT2D eigenvalue weighted by Gasteiger charge is -2.27. The highest BCUT2D eigenvalue weighted by molar-refractivity contribution is 5.92. The zero-order chi connectivity index (χ0) is 18.9. The van der Waals surface area contributed by atoms with Gasteiger partial charge in [0, 0.05) is 23.4 Å². The van der Waals surface area contributed by atoms with Crippen molar-refractivity contribution in [3.8, 4) is 5.69 Å². The molecule has 0 saturated carbocycles. The smallest absolute Gasteiger partial charge is 0.228 e. The molecule has 1 aliphatic heterocycles. The Kier molecular flexibility index (Phi) is 6.71. The SMILES string of the molecule is Cc1ccc(-n2nc(C(C)(C)C)cc2NC(=O)[C@H]2CCN[C@@H](C)C2)cc1.Cl. The maximum Gasteiger partial charge on any atom is 0.228 e. The van der Waals surface area contributed by atoms with E-state index in [0.29, 0.717) is 6.04 Å². The quantitative estimate of drug-likeness (QED) is 0.824. The molecular formula is C21H31ClN4O. The molecule has 1 aliphatic rings. The Morgan fingerprint density at radius 1 is 1.26 bits per heavy atom. The maximum atomic E-state index is 12.8. The predicted octanol–water partition coefficient (Wildman–Crippen LogP) is 4.23. The van der Waals surface area contributed by atoms with Crippen LogP contribution in [-0.4, -0.2) is 28.3 Å². The number of nitrogens with zero attached hydrogens (tertiary/aromatic N) is 2. The van der Waals surface area contributed by atoms with Gasteiger partial charge < -0.3 is 10.6 Å². The van der Waals surface area contributed by atoms with E-state index < -0.39 is 0 Å². The van der Waals surface area contributed by atoms with Crippen LogP contribution in [0.2, 0.25) is 0 Å². The zero-order valence-corrected chi connectivity index (χ0v) is 17.7. The molecule has 0 bridgehead atoms. The molecule has 1 saturated heterocycles.